The number of fused-ring (bicyclic) bond motifs is 3. The quantitative estimate of drug-likeness (QED) is 0.407. The van der Waals surface area contributed by atoms with Crippen LogP contribution < -0.4 is 9.64 Å². The minimum Gasteiger partial charge on any atom is -0.449 e. The summed E-state index contributed by atoms with van der Waals surface area (Å²) in [6, 6.07) is 11.1. The maximum absolute atomic E-state index is 12.5. The number of benzene rings is 1. The second kappa shape index (κ2) is 6.88. The van der Waals surface area contributed by atoms with Crippen LogP contribution in [0, 0.1) is 3.77 Å². The zero-order valence-corrected chi connectivity index (χ0v) is 16.8. The van der Waals surface area contributed by atoms with Gasteiger partial charge in [0.1, 0.15) is 0 Å². The molecule has 4 rings (SSSR count). The molecule has 7 nitrogen and oxygen atoms in total. The molecule has 132 valence electrons. The number of carbonyl (C=O) groups excluding carboxylic acids is 1. The molecule has 3 heterocycles. The van der Waals surface area contributed by atoms with E-state index in [1.54, 1.807) is 11.0 Å². The van der Waals surface area contributed by atoms with Crippen LogP contribution in [0.15, 0.2) is 46.0 Å². The van der Waals surface area contributed by atoms with Gasteiger partial charge in [0, 0.05) is 12.5 Å². The highest BCUT2D eigenvalue weighted by Crippen LogP contribution is 2.43. The molecule has 1 aliphatic rings. The Morgan fingerprint density at radius 1 is 1.23 bits per heavy atom. The Bertz CT molecular complexity index is 994. The molecular weight excluding hydrogens is 467 g/mol. The Morgan fingerprint density at radius 2 is 2.04 bits per heavy atom. The van der Waals surface area contributed by atoms with Gasteiger partial charge in [-0.2, -0.15) is 4.98 Å². The fourth-order valence-corrected chi connectivity index (χ4v) is 3.52. The summed E-state index contributed by atoms with van der Waals surface area (Å²) in [5.41, 5.74) is 1.89. The molecule has 0 N–H and O–H groups in total. The number of furan rings is 1. The molecule has 0 aliphatic carbocycles. The van der Waals surface area contributed by atoms with E-state index in [-0.39, 0.29) is 5.91 Å². The highest BCUT2D eigenvalue weighted by atomic mass is 127. The van der Waals surface area contributed by atoms with Crippen LogP contribution in [0.2, 0.25) is 0 Å². The van der Waals surface area contributed by atoms with Crippen molar-refractivity contribution >= 4 is 45.9 Å². The van der Waals surface area contributed by atoms with Gasteiger partial charge >= 0.3 is 0 Å². The number of ether oxygens (including phenoxy) is 1. The topological polar surface area (TPSA) is 81.3 Å². The van der Waals surface area contributed by atoms with Gasteiger partial charge in [0.05, 0.1) is 5.69 Å². The first kappa shape index (κ1) is 17.3. The summed E-state index contributed by atoms with van der Waals surface area (Å²) in [6.07, 6.45) is 1.08. The number of hydrogen-bond acceptors (Lipinski definition) is 7. The van der Waals surface area contributed by atoms with E-state index in [1.807, 2.05) is 36.6 Å². The highest BCUT2D eigenvalue weighted by molar-refractivity contribution is 14.1. The Labute approximate surface area is 167 Å². The lowest BCUT2D eigenvalue weighted by Crippen LogP contribution is -2.35. The van der Waals surface area contributed by atoms with Gasteiger partial charge in [0.2, 0.25) is 23.2 Å². The van der Waals surface area contributed by atoms with Crippen molar-refractivity contribution in [2.75, 3.05) is 11.2 Å². The molecule has 0 radical (unpaired) electrons. The van der Waals surface area contributed by atoms with Crippen molar-refractivity contribution in [1.82, 2.24) is 15.2 Å². The van der Waals surface area contributed by atoms with Crippen molar-refractivity contribution < 1.29 is 13.9 Å². The van der Waals surface area contributed by atoms with Crippen LogP contribution in [0.3, 0.4) is 0 Å². The number of hydrogen-bond donors (Lipinski definition) is 0. The van der Waals surface area contributed by atoms with Gasteiger partial charge in [0.25, 0.3) is 0 Å². The molecule has 2 aromatic heterocycles. The van der Waals surface area contributed by atoms with Crippen molar-refractivity contribution in [3.63, 3.8) is 0 Å². The largest absolute Gasteiger partial charge is 0.449 e. The second-order valence-corrected chi connectivity index (χ2v) is 7.31. The highest BCUT2D eigenvalue weighted by Gasteiger charge is 2.36. The van der Waals surface area contributed by atoms with E-state index in [2.05, 4.69) is 37.8 Å². The van der Waals surface area contributed by atoms with Gasteiger partial charge < -0.3 is 9.15 Å². The molecule has 0 fully saturated rings. The molecule has 1 atom stereocenters. The molecule has 1 aliphatic heterocycles. The predicted octanol–water partition coefficient (Wildman–Crippen LogP) is 3.90. The summed E-state index contributed by atoms with van der Waals surface area (Å²) in [7, 11) is 0. The van der Waals surface area contributed by atoms with Crippen molar-refractivity contribution in [3.05, 3.63) is 45.9 Å². The van der Waals surface area contributed by atoms with Crippen LogP contribution in [-0.4, -0.2) is 27.3 Å². The number of carbonyl (C=O) groups is 1. The van der Waals surface area contributed by atoms with Crippen molar-refractivity contribution in [2.24, 2.45) is 0 Å². The van der Waals surface area contributed by atoms with Gasteiger partial charge in [-0.3, -0.25) is 9.69 Å². The Morgan fingerprint density at radius 3 is 2.73 bits per heavy atom. The van der Waals surface area contributed by atoms with E-state index < -0.39 is 6.23 Å². The van der Waals surface area contributed by atoms with E-state index in [1.165, 1.54) is 18.7 Å². The average molecular weight is 480 g/mol. The van der Waals surface area contributed by atoms with Crippen molar-refractivity contribution in [2.45, 2.75) is 18.3 Å². The molecule has 26 heavy (non-hydrogen) atoms. The Balaban J connectivity index is 1.97. The number of anilines is 1. The van der Waals surface area contributed by atoms with Crippen molar-refractivity contribution in [1.29, 1.82) is 0 Å². The summed E-state index contributed by atoms with van der Waals surface area (Å²) < 4.78 is 12.6. The van der Waals surface area contributed by atoms with Crippen LogP contribution >= 0.6 is 34.4 Å². The van der Waals surface area contributed by atoms with Gasteiger partial charge in [-0.1, -0.05) is 30.0 Å². The van der Waals surface area contributed by atoms with E-state index >= 15 is 0 Å². The number of para-hydroxylation sites is 1. The molecule has 1 aromatic carbocycles. The number of thioether (sulfide) groups is 1. The predicted molar refractivity (Wildman–Crippen MR) is 105 cm³/mol. The Hall–Kier alpha value is -2.14. The van der Waals surface area contributed by atoms with Crippen LogP contribution in [0.25, 0.3) is 11.3 Å². The van der Waals surface area contributed by atoms with E-state index in [9.17, 15) is 4.79 Å². The molecule has 0 saturated heterocycles. The Kier molecular flexibility index (Phi) is 4.57. The number of aromatic nitrogens is 3. The van der Waals surface area contributed by atoms with Crippen LogP contribution in [0.4, 0.5) is 5.69 Å². The summed E-state index contributed by atoms with van der Waals surface area (Å²) >= 11 is 3.44. The zero-order valence-electron chi connectivity index (χ0n) is 13.8. The minimum atomic E-state index is -0.787. The summed E-state index contributed by atoms with van der Waals surface area (Å²) in [4.78, 5) is 18.5. The summed E-state index contributed by atoms with van der Waals surface area (Å²) in [5.74, 6) is 0.647. The van der Waals surface area contributed by atoms with Crippen LogP contribution in [0.5, 0.6) is 5.88 Å². The molecule has 3 aromatic rings. The van der Waals surface area contributed by atoms with Crippen LogP contribution in [-0.2, 0) is 4.79 Å². The third-order valence-electron chi connectivity index (χ3n) is 3.87. The van der Waals surface area contributed by atoms with Gasteiger partial charge in [-0.25, -0.2) is 0 Å². The minimum absolute atomic E-state index is 0.181. The number of nitrogens with zero attached hydrogens (tertiary/aromatic N) is 4. The van der Waals surface area contributed by atoms with Gasteiger partial charge in [-0.15, -0.1) is 10.2 Å². The molecule has 1 unspecified atom stereocenters. The number of amides is 1. The SMILES string of the molecule is CSc1nnc2c(n1)OC(c1ccc(I)o1)N(C(C)=O)c1ccccc1-2. The fourth-order valence-electron chi connectivity index (χ4n) is 2.79. The summed E-state index contributed by atoms with van der Waals surface area (Å²) in [6.45, 7) is 1.49. The number of halogens is 1. The normalized spacial score (nSPS) is 15.7. The fraction of sp³-hybridized carbons (Fsp3) is 0.176. The van der Waals surface area contributed by atoms with E-state index in [4.69, 9.17) is 9.15 Å². The standard InChI is InChI=1S/C17H13IN4O3S/c1-9(23)22-11-6-4-3-5-10(11)14-15(19-17(26-2)21-20-14)25-16(22)12-7-8-13(18)24-12/h3-8,16H,1-2H3. The number of rotatable bonds is 2. The molecule has 9 heteroatoms. The lowest BCUT2D eigenvalue weighted by Gasteiger charge is -2.28. The second-order valence-electron chi connectivity index (χ2n) is 5.47. The monoisotopic (exact) mass is 480 g/mol. The average Bonchev–Trinajstić information content (AvgIpc) is 3.01. The zero-order chi connectivity index (χ0) is 18.3. The first-order chi connectivity index (χ1) is 12.6. The lowest BCUT2D eigenvalue weighted by atomic mass is 10.1. The summed E-state index contributed by atoms with van der Waals surface area (Å²) in [5, 5.41) is 8.90. The van der Waals surface area contributed by atoms with Gasteiger partial charge in [0.15, 0.2) is 15.2 Å². The molecule has 1 amide bonds. The third-order valence-corrected chi connectivity index (χ3v) is 4.99. The first-order valence-corrected chi connectivity index (χ1v) is 9.98. The van der Waals surface area contributed by atoms with E-state index in [0.717, 1.165) is 5.56 Å². The molecule has 0 bridgehead atoms. The maximum atomic E-state index is 12.5. The molecular formula is C17H13IN4O3S. The van der Waals surface area contributed by atoms with Crippen LogP contribution in [0.1, 0.15) is 18.9 Å². The smallest absolute Gasteiger partial charge is 0.247 e. The van der Waals surface area contributed by atoms with Crippen molar-refractivity contribution in [3.8, 4) is 17.1 Å². The lowest BCUT2D eigenvalue weighted by molar-refractivity contribution is -0.118. The van der Waals surface area contributed by atoms with E-state index in [0.29, 0.717) is 31.9 Å². The maximum Gasteiger partial charge on any atom is 0.247 e. The first-order valence-electron chi connectivity index (χ1n) is 7.68. The molecule has 0 spiro atoms. The molecule has 0 saturated carbocycles. The van der Waals surface area contributed by atoms with Gasteiger partial charge in [-0.05, 0) is 47.0 Å². The third kappa shape index (κ3) is 2.94.